The number of aryl methyl sites for hydroxylation is 1. The number of ether oxygens (including phenoxy) is 1. The maximum atomic E-state index is 12.9. The summed E-state index contributed by atoms with van der Waals surface area (Å²) in [6, 6.07) is 14.0. The summed E-state index contributed by atoms with van der Waals surface area (Å²) in [4.78, 5) is 0. The van der Waals surface area contributed by atoms with Gasteiger partial charge in [-0.2, -0.15) is 22.0 Å². The first-order chi connectivity index (χ1) is 18.8. The lowest BCUT2D eigenvalue weighted by molar-refractivity contribution is -0.284. The molecule has 0 fully saturated rings. The van der Waals surface area contributed by atoms with Gasteiger partial charge in [-0.15, -0.1) is 0 Å². The summed E-state index contributed by atoms with van der Waals surface area (Å²) in [5.74, 6) is -3.29. The first-order valence-electron chi connectivity index (χ1n) is 14.2. The van der Waals surface area contributed by atoms with E-state index in [4.69, 9.17) is 4.74 Å². The molecule has 1 N–H and O–H groups in total. The SMILES string of the molecule is Cc1ccc(C2(C)COc3cc(O)ccc3C2CCCCCCCCCS(=O)CCCC(F)(F)C(F)(F)F)cc1. The number of halogens is 5. The molecule has 0 aromatic heterocycles. The van der Waals surface area contributed by atoms with Crippen molar-refractivity contribution in [1.29, 1.82) is 0 Å². The van der Waals surface area contributed by atoms with Crippen LogP contribution in [-0.2, 0) is 16.2 Å². The molecule has 1 aliphatic rings. The molecular formula is C31H41F5O3S. The molecule has 0 aliphatic carbocycles. The summed E-state index contributed by atoms with van der Waals surface area (Å²) in [5.41, 5.74) is 3.40. The molecule has 9 heteroatoms. The Morgan fingerprint density at radius 1 is 0.900 bits per heavy atom. The molecule has 2 aromatic rings. The maximum absolute atomic E-state index is 12.9. The summed E-state index contributed by atoms with van der Waals surface area (Å²) in [7, 11) is -1.37. The molecule has 0 bridgehead atoms. The lowest BCUT2D eigenvalue weighted by Gasteiger charge is -2.43. The summed E-state index contributed by atoms with van der Waals surface area (Å²) in [6.45, 7) is 4.87. The van der Waals surface area contributed by atoms with Gasteiger partial charge in [0.05, 0.1) is 6.61 Å². The van der Waals surface area contributed by atoms with Crippen molar-refractivity contribution in [2.75, 3.05) is 18.1 Å². The number of hydrogen-bond donors (Lipinski definition) is 1. The third kappa shape index (κ3) is 8.67. The molecule has 3 nitrogen and oxygen atoms in total. The topological polar surface area (TPSA) is 46.5 Å². The fourth-order valence-electron chi connectivity index (χ4n) is 5.49. The zero-order chi connectivity index (χ0) is 29.4. The predicted octanol–water partition coefficient (Wildman–Crippen LogP) is 8.98. The normalized spacial score (nSPS) is 20.1. The van der Waals surface area contributed by atoms with Gasteiger partial charge in [0.15, 0.2) is 0 Å². The summed E-state index contributed by atoms with van der Waals surface area (Å²) in [5, 5.41) is 9.95. The molecule has 2 aromatic carbocycles. The monoisotopic (exact) mass is 588 g/mol. The van der Waals surface area contributed by atoms with Crippen LogP contribution in [0.15, 0.2) is 42.5 Å². The second-order valence-electron chi connectivity index (χ2n) is 11.3. The molecule has 0 spiro atoms. The second-order valence-corrected chi connectivity index (χ2v) is 13.0. The Morgan fingerprint density at radius 2 is 1.50 bits per heavy atom. The van der Waals surface area contributed by atoms with Gasteiger partial charge in [-0.25, -0.2) is 0 Å². The number of alkyl halides is 5. The van der Waals surface area contributed by atoms with Crippen LogP contribution in [0.2, 0.25) is 0 Å². The summed E-state index contributed by atoms with van der Waals surface area (Å²) >= 11 is 0. The summed E-state index contributed by atoms with van der Waals surface area (Å²) in [6.07, 6.45) is 0.509. The van der Waals surface area contributed by atoms with Gasteiger partial charge >= 0.3 is 12.1 Å². The van der Waals surface area contributed by atoms with Crippen molar-refractivity contribution in [2.24, 2.45) is 0 Å². The Morgan fingerprint density at radius 3 is 2.15 bits per heavy atom. The van der Waals surface area contributed by atoms with Gasteiger partial charge in [0.1, 0.15) is 11.5 Å². The van der Waals surface area contributed by atoms with Crippen LogP contribution >= 0.6 is 0 Å². The molecule has 0 radical (unpaired) electrons. The van der Waals surface area contributed by atoms with Crippen molar-refractivity contribution in [3.8, 4) is 11.5 Å². The van der Waals surface area contributed by atoms with Gasteiger partial charge in [0.25, 0.3) is 0 Å². The minimum absolute atomic E-state index is 0.123. The molecule has 0 amide bonds. The number of benzene rings is 2. The van der Waals surface area contributed by atoms with E-state index in [1.165, 1.54) is 11.1 Å². The van der Waals surface area contributed by atoms with Gasteiger partial charge in [-0.1, -0.05) is 81.3 Å². The van der Waals surface area contributed by atoms with Crippen molar-refractivity contribution < 1.29 is 36.0 Å². The molecule has 3 atom stereocenters. The number of unbranched alkanes of at least 4 members (excludes halogenated alkanes) is 6. The first-order valence-corrected chi connectivity index (χ1v) is 15.6. The number of hydrogen-bond acceptors (Lipinski definition) is 3. The Kier molecular flexibility index (Phi) is 11.4. The third-order valence-corrected chi connectivity index (χ3v) is 9.51. The van der Waals surface area contributed by atoms with Crippen LogP contribution in [0.5, 0.6) is 11.5 Å². The highest BCUT2D eigenvalue weighted by atomic mass is 32.2. The maximum Gasteiger partial charge on any atom is 0.453 e. The van der Waals surface area contributed by atoms with E-state index in [0.717, 1.165) is 56.3 Å². The van der Waals surface area contributed by atoms with Gasteiger partial charge in [0, 0.05) is 46.1 Å². The van der Waals surface area contributed by atoms with E-state index in [1.54, 1.807) is 12.1 Å². The van der Waals surface area contributed by atoms with Gasteiger partial charge in [0.2, 0.25) is 0 Å². The van der Waals surface area contributed by atoms with E-state index in [0.29, 0.717) is 18.8 Å². The average molecular weight is 589 g/mol. The minimum atomic E-state index is -5.55. The van der Waals surface area contributed by atoms with E-state index in [-0.39, 0.29) is 22.8 Å². The number of phenols is 1. The molecule has 224 valence electrons. The molecule has 0 saturated carbocycles. The van der Waals surface area contributed by atoms with Crippen molar-refractivity contribution >= 4 is 10.8 Å². The molecular weight excluding hydrogens is 547 g/mol. The van der Waals surface area contributed by atoms with Crippen molar-refractivity contribution in [3.63, 3.8) is 0 Å². The molecule has 40 heavy (non-hydrogen) atoms. The van der Waals surface area contributed by atoms with Crippen LogP contribution < -0.4 is 4.74 Å². The molecule has 3 rings (SSSR count). The van der Waals surface area contributed by atoms with Crippen LogP contribution in [-0.4, -0.2) is 39.5 Å². The Hall–Kier alpha value is -2.16. The van der Waals surface area contributed by atoms with Crippen LogP contribution in [0.1, 0.15) is 93.7 Å². The largest absolute Gasteiger partial charge is 0.508 e. The zero-order valence-corrected chi connectivity index (χ0v) is 24.2. The minimum Gasteiger partial charge on any atom is -0.508 e. The second kappa shape index (κ2) is 14.1. The number of phenolic OH excluding ortho intramolecular Hbond substituents is 1. The number of aromatic hydroxyl groups is 1. The van der Waals surface area contributed by atoms with Crippen LogP contribution in [0.3, 0.4) is 0 Å². The smallest absolute Gasteiger partial charge is 0.453 e. The molecule has 0 saturated heterocycles. The highest BCUT2D eigenvalue weighted by Crippen LogP contribution is 2.49. The molecule has 1 aliphatic heterocycles. The highest BCUT2D eigenvalue weighted by Gasteiger charge is 2.56. The molecule has 1 heterocycles. The van der Waals surface area contributed by atoms with E-state index in [2.05, 4.69) is 38.1 Å². The lowest BCUT2D eigenvalue weighted by Crippen LogP contribution is -2.40. The fraction of sp³-hybridized carbons (Fsp3) is 0.613. The van der Waals surface area contributed by atoms with Crippen molar-refractivity contribution in [1.82, 2.24) is 0 Å². The zero-order valence-electron chi connectivity index (χ0n) is 23.4. The van der Waals surface area contributed by atoms with Gasteiger partial charge in [-0.05, 0) is 43.4 Å². The highest BCUT2D eigenvalue weighted by molar-refractivity contribution is 7.84. The van der Waals surface area contributed by atoms with Crippen LogP contribution in [0.4, 0.5) is 22.0 Å². The molecule has 3 unspecified atom stereocenters. The quantitative estimate of drug-likeness (QED) is 0.167. The number of fused-ring (bicyclic) bond motifs is 1. The Balaban J connectivity index is 1.38. The third-order valence-electron chi connectivity index (χ3n) is 8.02. The standard InChI is InChI=1S/C31H41F5O3S/c1-23-12-14-24(15-13-23)29(2)22-39-28-21-25(37)16-17-26(28)27(29)11-8-6-4-3-5-7-9-19-40(38)20-10-18-30(32,33)31(34,35)36/h12-17,21,27,37H,3-11,18-20,22H2,1-2H3. The predicted molar refractivity (Wildman–Crippen MR) is 150 cm³/mol. The first kappa shape index (κ1) is 32.4. The lowest BCUT2D eigenvalue weighted by atomic mass is 9.66. The Labute approximate surface area is 237 Å². The average Bonchev–Trinajstić information content (AvgIpc) is 2.88. The van der Waals surface area contributed by atoms with Crippen LogP contribution in [0.25, 0.3) is 0 Å². The number of rotatable bonds is 15. The van der Waals surface area contributed by atoms with E-state index < -0.39 is 35.7 Å². The van der Waals surface area contributed by atoms with Crippen molar-refractivity contribution in [2.45, 2.75) is 101 Å². The van der Waals surface area contributed by atoms with E-state index in [9.17, 15) is 31.3 Å². The van der Waals surface area contributed by atoms with Gasteiger partial charge in [-0.3, -0.25) is 4.21 Å². The van der Waals surface area contributed by atoms with E-state index in [1.807, 2.05) is 6.07 Å². The Bertz CT molecular complexity index is 1100. The summed E-state index contributed by atoms with van der Waals surface area (Å²) < 4.78 is 80.5. The van der Waals surface area contributed by atoms with Gasteiger partial charge < -0.3 is 9.84 Å². The van der Waals surface area contributed by atoms with Crippen LogP contribution in [0, 0.1) is 6.92 Å². The van der Waals surface area contributed by atoms with E-state index >= 15 is 0 Å². The fourth-order valence-corrected chi connectivity index (χ4v) is 6.69. The van der Waals surface area contributed by atoms with Crippen molar-refractivity contribution in [3.05, 3.63) is 59.2 Å².